The van der Waals surface area contributed by atoms with Crippen molar-refractivity contribution in [1.29, 1.82) is 0 Å². The van der Waals surface area contributed by atoms with Gasteiger partial charge in [-0.05, 0) is 61.2 Å². The van der Waals surface area contributed by atoms with Crippen LogP contribution in [-0.4, -0.2) is 31.5 Å². The fourth-order valence-corrected chi connectivity index (χ4v) is 3.93. The van der Waals surface area contributed by atoms with Crippen molar-refractivity contribution in [2.75, 3.05) is 0 Å². The number of ether oxygens (including phenoxy) is 1. The van der Waals surface area contributed by atoms with Gasteiger partial charge in [-0.15, -0.1) is 11.6 Å². The van der Waals surface area contributed by atoms with Gasteiger partial charge in [0.25, 0.3) is 6.01 Å². The largest absolute Gasteiger partial charge is 0.478 e. The molecule has 4 rings (SSSR count). The smallest absolute Gasteiger partial charge is 0.336 e. The third-order valence-electron chi connectivity index (χ3n) is 5.38. The maximum atomic E-state index is 11.4. The van der Waals surface area contributed by atoms with E-state index in [0.29, 0.717) is 17.7 Å². The molecule has 0 fully saturated rings. The molecule has 0 radical (unpaired) electrons. The highest BCUT2D eigenvalue weighted by Crippen LogP contribution is 2.35. The number of fused-ring (bicyclic) bond motifs is 1. The molecule has 1 heterocycles. The van der Waals surface area contributed by atoms with Gasteiger partial charge in [0, 0.05) is 12.1 Å². The molecule has 0 amide bonds. The van der Waals surface area contributed by atoms with Crippen molar-refractivity contribution in [2.24, 2.45) is 0 Å². The summed E-state index contributed by atoms with van der Waals surface area (Å²) in [6.45, 7) is 5.23. The number of halogens is 1. The zero-order valence-electron chi connectivity index (χ0n) is 17.4. The summed E-state index contributed by atoms with van der Waals surface area (Å²) in [7, 11) is 0. The van der Waals surface area contributed by atoms with Crippen molar-refractivity contribution >= 4 is 29.2 Å². The van der Waals surface area contributed by atoms with Gasteiger partial charge in [0.2, 0.25) is 0 Å². The zero-order valence-corrected chi connectivity index (χ0v) is 18.2. The number of allylic oxidation sites excluding steroid dienone is 1. The Kier molecular flexibility index (Phi) is 5.37. The van der Waals surface area contributed by atoms with Gasteiger partial charge in [-0.1, -0.05) is 30.3 Å². The molecule has 1 aliphatic carbocycles. The average Bonchev–Trinajstić information content (AvgIpc) is 3.09. The van der Waals surface area contributed by atoms with Gasteiger partial charge in [0.15, 0.2) is 0 Å². The number of aliphatic hydroxyl groups is 1. The van der Waals surface area contributed by atoms with Crippen LogP contribution in [0.25, 0.3) is 11.6 Å². The predicted molar refractivity (Wildman–Crippen MR) is 120 cm³/mol. The van der Waals surface area contributed by atoms with Crippen LogP contribution in [0, 0.1) is 6.92 Å². The molecule has 31 heavy (non-hydrogen) atoms. The lowest BCUT2D eigenvalue weighted by Gasteiger charge is -2.21. The van der Waals surface area contributed by atoms with Gasteiger partial charge < -0.3 is 19.9 Å². The second-order valence-corrected chi connectivity index (χ2v) is 8.72. The molecule has 0 aliphatic heterocycles. The van der Waals surface area contributed by atoms with Gasteiger partial charge in [-0.2, -0.15) is 4.98 Å². The topological polar surface area (TPSA) is 95.4 Å². The number of H-pyrrole nitrogens is 1. The van der Waals surface area contributed by atoms with E-state index >= 15 is 0 Å². The summed E-state index contributed by atoms with van der Waals surface area (Å²) in [5.41, 5.74) is 4.27. The van der Waals surface area contributed by atoms with Crippen LogP contribution >= 0.6 is 11.6 Å². The summed E-state index contributed by atoms with van der Waals surface area (Å²) in [6.07, 6.45) is 2.48. The number of aryl methyl sites for hydroxylation is 1. The molecule has 7 heteroatoms. The summed E-state index contributed by atoms with van der Waals surface area (Å²) in [6, 6.07) is 12.9. The van der Waals surface area contributed by atoms with Gasteiger partial charge in [0.05, 0.1) is 22.2 Å². The van der Waals surface area contributed by atoms with Crippen LogP contribution in [0.4, 0.5) is 0 Å². The number of benzene rings is 2. The average molecular weight is 439 g/mol. The predicted octanol–water partition coefficient (Wildman–Crippen LogP) is 5.14. The van der Waals surface area contributed by atoms with Gasteiger partial charge >= 0.3 is 5.97 Å². The molecule has 1 atom stereocenters. The molecule has 6 nitrogen and oxygen atoms in total. The lowest BCUT2D eigenvalue weighted by Crippen LogP contribution is -2.16. The van der Waals surface area contributed by atoms with E-state index in [0.717, 1.165) is 28.1 Å². The first kappa shape index (κ1) is 21.2. The molecule has 0 bridgehead atoms. The number of aromatic nitrogens is 2. The van der Waals surface area contributed by atoms with Crippen LogP contribution in [-0.2, 0) is 12.0 Å². The summed E-state index contributed by atoms with van der Waals surface area (Å²) in [5.74, 6) is -0.613. The van der Waals surface area contributed by atoms with Crippen LogP contribution in [0.3, 0.4) is 0 Å². The first-order valence-corrected chi connectivity index (χ1v) is 10.3. The Labute approximate surface area is 185 Å². The second-order valence-electron chi connectivity index (χ2n) is 8.20. The highest BCUT2D eigenvalue weighted by molar-refractivity contribution is 6.28. The van der Waals surface area contributed by atoms with Crippen LogP contribution in [0.15, 0.2) is 42.5 Å². The maximum absolute atomic E-state index is 11.4. The standard InChI is InChI=1S/C24H23ClN2O4/c1-13-4-9-16(10-17(13)22(28)29)31-23-26-20-11-18(19(25)12-21(20)27-23)14-5-7-15(8-6-14)24(2,3)30/h4-11,19,30H,12H2,1-3H3,(H,26,27)(H,28,29). The SMILES string of the molecule is Cc1ccc(Oc2nc3c([nH]2)CC(Cl)C(c2ccc(C(C)(C)O)cc2)=C3)cc1C(=O)O. The Morgan fingerprint density at radius 3 is 2.58 bits per heavy atom. The number of nitrogens with zero attached hydrogens (tertiary/aromatic N) is 1. The number of alkyl halides is 1. The van der Waals surface area contributed by atoms with Crippen molar-refractivity contribution in [1.82, 2.24) is 9.97 Å². The number of rotatable bonds is 5. The number of carboxylic acids is 1. The Bertz CT molecular complexity index is 1170. The van der Waals surface area contributed by atoms with E-state index in [-0.39, 0.29) is 17.0 Å². The Morgan fingerprint density at radius 2 is 1.94 bits per heavy atom. The van der Waals surface area contributed by atoms with E-state index in [1.165, 1.54) is 6.07 Å². The van der Waals surface area contributed by atoms with E-state index in [2.05, 4.69) is 9.97 Å². The number of carbonyl (C=O) groups is 1. The van der Waals surface area contributed by atoms with Crippen molar-refractivity contribution in [3.8, 4) is 11.8 Å². The summed E-state index contributed by atoms with van der Waals surface area (Å²) < 4.78 is 5.78. The number of hydrogen-bond acceptors (Lipinski definition) is 4. The van der Waals surface area contributed by atoms with Gasteiger partial charge in [-0.3, -0.25) is 0 Å². The van der Waals surface area contributed by atoms with Crippen molar-refractivity contribution in [2.45, 2.75) is 38.2 Å². The fraction of sp³-hybridized carbons (Fsp3) is 0.250. The number of hydrogen-bond donors (Lipinski definition) is 3. The molecule has 3 aromatic rings. The number of carboxylic acid groups (broad SMARTS) is 1. The molecule has 1 aromatic heterocycles. The molecule has 0 saturated carbocycles. The second kappa shape index (κ2) is 7.87. The third kappa shape index (κ3) is 4.36. The van der Waals surface area contributed by atoms with Crippen molar-refractivity contribution < 1.29 is 19.7 Å². The van der Waals surface area contributed by atoms with E-state index in [9.17, 15) is 15.0 Å². The normalized spacial score (nSPS) is 15.9. The minimum absolute atomic E-state index is 0.186. The molecule has 3 N–H and O–H groups in total. The molecular formula is C24H23ClN2O4. The number of aromatic carboxylic acids is 1. The summed E-state index contributed by atoms with van der Waals surface area (Å²) in [4.78, 5) is 19.0. The van der Waals surface area contributed by atoms with Crippen molar-refractivity contribution in [3.05, 3.63) is 76.1 Å². The molecule has 1 aliphatic rings. The zero-order chi connectivity index (χ0) is 22.3. The Balaban J connectivity index is 1.61. The number of nitrogens with one attached hydrogen (secondary N) is 1. The van der Waals surface area contributed by atoms with Gasteiger partial charge in [0.1, 0.15) is 5.75 Å². The van der Waals surface area contributed by atoms with Crippen LogP contribution in [0.2, 0.25) is 0 Å². The molecule has 160 valence electrons. The fourth-order valence-electron chi connectivity index (χ4n) is 3.59. The lowest BCUT2D eigenvalue weighted by atomic mass is 9.91. The minimum atomic E-state index is -1.00. The Morgan fingerprint density at radius 1 is 1.23 bits per heavy atom. The van der Waals surface area contributed by atoms with Crippen LogP contribution < -0.4 is 4.74 Å². The first-order chi connectivity index (χ1) is 14.6. The van der Waals surface area contributed by atoms with E-state index in [1.807, 2.05) is 30.3 Å². The monoisotopic (exact) mass is 438 g/mol. The summed E-state index contributed by atoms with van der Waals surface area (Å²) >= 11 is 6.65. The van der Waals surface area contributed by atoms with Crippen LogP contribution in [0.1, 0.15) is 52.3 Å². The van der Waals surface area contributed by atoms with E-state index < -0.39 is 11.6 Å². The molecule has 0 spiro atoms. The van der Waals surface area contributed by atoms with Crippen molar-refractivity contribution in [3.63, 3.8) is 0 Å². The van der Waals surface area contributed by atoms with Gasteiger partial charge in [-0.25, -0.2) is 4.79 Å². The maximum Gasteiger partial charge on any atom is 0.336 e. The molecule has 1 unspecified atom stereocenters. The summed E-state index contributed by atoms with van der Waals surface area (Å²) in [5, 5.41) is 19.2. The molecule has 0 saturated heterocycles. The number of imidazole rings is 1. The Hall–Kier alpha value is -3.09. The lowest BCUT2D eigenvalue weighted by molar-refractivity contribution is 0.0695. The van der Waals surface area contributed by atoms with Crippen LogP contribution in [0.5, 0.6) is 11.8 Å². The molecule has 2 aromatic carbocycles. The highest BCUT2D eigenvalue weighted by Gasteiger charge is 2.25. The highest BCUT2D eigenvalue weighted by atomic mass is 35.5. The van der Waals surface area contributed by atoms with E-state index in [1.54, 1.807) is 32.9 Å². The molecular weight excluding hydrogens is 416 g/mol. The number of aromatic amines is 1. The third-order valence-corrected chi connectivity index (χ3v) is 5.77. The quantitative estimate of drug-likeness (QED) is 0.479. The minimum Gasteiger partial charge on any atom is -0.478 e. The first-order valence-electron chi connectivity index (χ1n) is 9.91. The van der Waals surface area contributed by atoms with E-state index in [4.69, 9.17) is 16.3 Å².